The Balaban J connectivity index is 2.50. The summed E-state index contributed by atoms with van der Waals surface area (Å²) in [5.74, 6) is -0.147. The first-order chi connectivity index (χ1) is 7.81. The molecular formula is C13H25NO3. The molecule has 0 N–H and O–H groups in total. The van der Waals surface area contributed by atoms with Gasteiger partial charge in [0.2, 0.25) is 0 Å². The van der Waals surface area contributed by atoms with Crippen LogP contribution < -0.4 is 0 Å². The van der Waals surface area contributed by atoms with Crippen LogP contribution in [0.5, 0.6) is 0 Å². The van der Waals surface area contributed by atoms with Crippen molar-refractivity contribution in [2.24, 2.45) is 0 Å². The standard InChI is InChI=1S/C13H25NO3/c1-10(12(15)17-13(2,3)4)14(5)11-6-8-16-9-7-11/h10-11H,6-9H2,1-5H3. The number of likely N-dealkylation sites (N-methyl/N-ethyl adjacent to an activating group) is 1. The van der Waals surface area contributed by atoms with Crippen LogP contribution in [-0.4, -0.2) is 48.8 Å². The van der Waals surface area contributed by atoms with Crippen molar-refractivity contribution in [1.29, 1.82) is 0 Å². The first-order valence-corrected chi connectivity index (χ1v) is 6.34. The number of rotatable bonds is 3. The summed E-state index contributed by atoms with van der Waals surface area (Å²) in [7, 11) is 1.99. The zero-order valence-electron chi connectivity index (χ0n) is 11.7. The number of hydrogen-bond acceptors (Lipinski definition) is 4. The highest BCUT2D eigenvalue weighted by molar-refractivity contribution is 5.75. The van der Waals surface area contributed by atoms with E-state index in [1.165, 1.54) is 0 Å². The van der Waals surface area contributed by atoms with E-state index in [1.807, 2.05) is 34.7 Å². The van der Waals surface area contributed by atoms with Gasteiger partial charge in [-0.15, -0.1) is 0 Å². The first kappa shape index (κ1) is 14.5. The number of hydrogen-bond donors (Lipinski definition) is 0. The molecule has 0 aliphatic carbocycles. The fraction of sp³-hybridized carbons (Fsp3) is 0.923. The molecule has 1 aliphatic heterocycles. The summed E-state index contributed by atoms with van der Waals surface area (Å²) in [6.45, 7) is 9.17. The van der Waals surface area contributed by atoms with Gasteiger partial charge in [0.1, 0.15) is 11.6 Å². The highest BCUT2D eigenvalue weighted by Crippen LogP contribution is 2.17. The molecule has 4 nitrogen and oxygen atoms in total. The second kappa shape index (κ2) is 5.83. The third kappa shape index (κ3) is 4.64. The maximum Gasteiger partial charge on any atom is 0.323 e. The molecule has 1 heterocycles. The number of ether oxygens (including phenoxy) is 2. The number of nitrogens with zero attached hydrogens (tertiary/aromatic N) is 1. The maximum absolute atomic E-state index is 11.9. The lowest BCUT2D eigenvalue weighted by Crippen LogP contribution is -2.47. The molecule has 0 radical (unpaired) electrons. The SMILES string of the molecule is CC(C(=O)OC(C)(C)C)N(C)C1CCOCC1. The van der Waals surface area contributed by atoms with Gasteiger partial charge in [0.25, 0.3) is 0 Å². The van der Waals surface area contributed by atoms with Crippen molar-refractivity contribution < 1.29 is 14.3 Å². The van der Waals surface area contributed by atoms with Gasteiger partial charge in [-0.25, -0.2) is 0 Å². The van der Waals surface area contributed by atoms with Crippen LogP contribution in [-0.2, 0) is 14.3 Å². The molecule has 1 rings (SSSR count). The molecule has 1 unspecified atom stereocenters. The Hall–Kier alpha value is -0.610. The summed E-state index contributed by atoms with van der Waals surface area (Å²) < 4.78 is 10.7. The van der Waals surface area contributed by atoms with E-state index >= 15 is 0 Å². The molecule has 0 amide bonds. The van der Waals surface area contributed by atoms with Crippen LogP contribution in [0.2, 0.25) is 0 Å². The molecule has 0 bridgehead atoms. The van der Waals surface area contributed by atoms with Crippen molar-refractivity contribution in [3.05, 3.63) is 0 Å². The van der Waals surface area contributed by atoms with Crippen LogP contribution in [0.1, 0.15) is 40.5 Å². The average Bonchev–Trinajstić information content (AvgIpc) is 2.26. The van der Waals surface area contributed by atoms with Gasteiger partial charge >= 0.3 is 5.97 Å². The second-order valence-corrected chi connectivity index (χ2v) is 5.72. The van der Waals surface area contributed by atoms with Gasteiger partial charge in [-0.05, 0) is 47.6 Å². The molecule has 17 heavy (non-hydrogen) atoms. The summed E-state index contributed by atoms with van der Waals surface area (Å²) in [5.41, 5.74) is -0.415. The molecule has 1 aliphatic rings. The highest BCUT2D eigenvalue weighted by atomic mass is 16.6. The quantitative estimate of drug-likeness (QED) is 0.709. The lowest BCUT2D eigenvalue weighted by Gasteiger charge is -2.35. The van der Waals surface area contributed by atoms with Crippen molar-refractivity contribution in [2.75, 3.05) is 20.3 Å². The van der Waals surface area contributed by atoms with Gasteiger partial charge in [0.15, 0.2) is 0 Å². The Morgan fingerprint density at radius 1 is 1.35 bits per heavy atom. The second-order valence-electron chi connectivity index (χ2n) is 5.72. The Bertz CT molecular complexity index is 254. The summed E-state index contributed by atoms with van der Waals surface area (Å²) in [4.78, 5) is 14.1. The van der Waals surface area contributed by atoms with Gasteiger partial charge in [-0.2, -0.15) is 0 Å². The van der Waals surface area contributed by atoms with Gasteiger partial charge in [-0.1, -0.05) is 0 Å². The molecule has 1 atom stereocenters. The molecule has 0 aromatic rings. The number of carbonyl (C=O) groups is 1. The van der Waals surface area contributed by atoms with Gasteiger partial charge < -0.3 is 9.47 Å². The average molecular weight is 243 g/mol. The zero-order valence-corrected chi connectivity index (χ0v) is 11.7. The summed E-state index contributed by atoms with van der Waals surface area (Å²) >= 11 is 0. The van der Waals surface area contributed by atoms with Gasteiger partial charge in [0, 0.05) is 19.3 Å². The summed E-state index contributed by atoms with van der Waals surface area (Å²) in [6.07, 6.45) is 1.98. The monoisotopic (exact) mass is 243 g/mol. The molecular weight excluding hydrogens is 218 g/mol. The molecule has 0 aromatic heterocycles. The Kier molecular flexibility index (Phi) is 4.95. The first-order valence-electron chi connectivity index (χ1n) is 6.34. The number of carbonyl (C=O) groups excluding carboxylic acids is 1. The van der Waals surface area contributed by atoms with Crippen LogP contribution in [0.25, 0.3) is 0 Å². The van der Waals surface area contributed by atoms with Crippen molar-refractivity contribution in [3.8, 4) is 0 Å². The van der Waals surface area contributed by atoms with Crippen molar-refractivity contribution in [2.45, 2.75) is 58.2 Å². The minimum Gasteiger partial charge on any atom is -0.459 e. The Morgan fingerprint density at radius 3 is 2.35 bits per heavy atom. The third-order valence-electron chi connectivity index (χ3n) is 3.13. The van der Waals surface area contributed by atoms with E-state index in [2.05, 4.69) is 4.90 Å². The lowest BCUT2D eigenvalue weighted by atomic mass is 10.1. The van der Waals surface area contributed by atoms with Crippen LogP contribution >= 0.6 is 0 Å². The summed E-state index contributed by atoms with van der Waals surface area (Å²) in [6, 6.07) is 0.226. The molecule has 0 spiro atoms. The minimum atomic E-state index is -0.415. The normalized spacial score (nSPS) is 20.4. The summed E-state index contributed by atoms with van der Waals surface area (Å²) in [5, 5.41) is 0. The zero-order chi connectivity index (χ0) is 13.1. The van der Waals surface area contributed by atoms with E-state index in [0.717, 1.165) is 26.1 Å². The van der Waals surface area contributed by atoms with Crippen molar-refractivity contribution in [1.82, 2.24) is 4.90 Å². The molecule has 0 aromatic carbocycles. The van der Waals surface area contributed by atoms with E-state index in [0.29, 0.717) is 6.04 Å². The van der Waals surface area contributed by atoms with Crippen molar-refractivity contribution >= 4 is 5.97 Å². The van der Waals surface area contributed by atoms with Crippen LogP contribution in [0, 0.1) is 0 Å². The number of esters is 1. The fourth-order valence-corrected chi connectivity index (χ4v) is 1.96. The van der Waals surface area contributed by atoms with Crippen molar-refractivity contribution in [3.63, 3.8) is 0 Å². The molecule has 4 heteroatoms. The topological polar surface area (TPSA) is 38.8 Å². The van der Waals surface area contributed by atoms with E-state index in [9.17, 15) is 4.79 Å². The molecule has 100 valence electrons. The lowest BCUT2D eigenvalue weighted by molar-refractivity contribution is -0.161. The van der Waals surface area contributed by atoms with Gasteiger partial charge in [-0.3, -0.25) is 9.69 Å². The van der Waals surface area contributed by atoms with Crippen LogP contribution in [0.4, 0.5) is 0 Å². The Morgan fingerprint density at radius 2 is 1.88 bits per heavy atom. The van der Waals surface area contributed by atoms with Gasteiger partial charge in [0.05, 0.1) is 0 Å². The minimum absolute atomic E-state index is 0.147. The van der Waals surface area contributed by atoms with E-state index in [4.69, 9.17) is 9.47 Å². The fourth-order valence-electron chi connectivity index (χ4n) is 1.96. The van der Waals surface area contributed by atoms with E-state index in [1.54, 1.807) is 0 Å². The van der Waals surface area contributed by atoms with Crippen LogP contribution in [0.15, 0.2) is 0 Å². The molecule has 0 saturated carbocycles. The van der Waals surface area contributed by atoms with Crippen LogP contribution in [0.3, 0.4) is 0 Å². The smallest absolute Gasteiger partial charge is 0.323 e. The molecule has 1 fully saturated rings. The predicted octanol–water partition coefficient (Wildman–Crippen LogP) is 1.83. The largest absolute Gasteiger partial charge is 0.459 e. The van der Waals surface area contributed by atoms with E-state index in [-0.39, 0.29) is 12.0 Å². The Labute approximate surface area is 104 Å². The maximum atomic E-state index is 11.9. The highest BCUT2D eigenvalue weighted by Gasteiger charge is 2.29. The predicted molar refractivity (Wildman–Crippen MR) is 66.9 cm³/mol. The molecule has 1 saturated heterocycles. The third-order valence-corrected chi connectivity index (χ3v) is 3.13. The van der Waals surface area contributed by atoms with E-state index < -0.39 is 5.60 Å².